The highest BCUT2D eigenvalue weighted by Gasteiger charge is 2.17. The van der Waals surface area contributed by atoms with Crippen molar-refractivity contribution in [1.82, 2.24) is 0 Å². The van der Waals surface area contributed by atoms with Crippen LogP contribution in [0, 0.1) is 12.7 Å². The van der Waals surface area contributed by atoms with Crippen molar-refractivity contribution < 1.29 is 27.8 Å². The second kappa shape index (κ2) is 8.31. The fourth-order valence-electron chi connectivity index (χ4n) is 3.01. The predicted molar refractivity (Wildman–Crippen MR) is 112 cm³/mol. The summed E-state index contributed by atoms with van der Waals surface area (Å²) < 4.78 is 35.1. The largest absolute Gasteiger partial charge is 0.493 e. The van der Waals surface area contributed by atoms with Crippen LogP contribution in [-0.4, -0.2) is 13.1 Å². The number of halogens is 1. The van der Waals surface area contributed by atoms with Crippen LogP contribution in [-0.2, 0) is 0 Å². The molecule has 156 valence electrons. The van der Waals surface area contributed by atoms with Crippen molar-refractivity contribution in [3.05, 3.63) is 94.1 Å². The van der Waals surface area contributed by atoms with Crippen molar-refractivity contribution in [2.45, 2.75) is 6.92 Å². The molecule has 31 heavy (non-hydrogen) atoms. The molecule has 0 spiro atoms. The van der Waals surface area contributed by atoms with Gasteiger partial charge in [0.2, 0.25) is 11.2 Å². The minimum atomic E-state index is -0.658. The molecular weight excluding hydrogens is 403 g/mol. The van der Waals surface area contributed by atoms with Crippen LogP contribution >= 0.6 is 0 Å². The third-order valence-electron chi connectivity index (χ3n) is 4.56. The molecule has 0 atom stereocenters. The minimum Gasteiger partial charge on any atom is -0.493 e. The van der Waals surface area contributed by atoms with Gasteiger partial charge in [0.05, 0.1) is 18.1 Å². The fourth-order valence-corrected chi connectivity index (χ4v) is 3.01. The van der Waals surface area contributed by atoms with E-state index in [-0.39, 0.29) is 39.2 Å². The number of fused-ring (bicyclic) bond motifs is 1. The summed E-state index contributed by atoms with van der Waals surface area (Å²) in [4.78, 5) is 25.2. The second-order valence-electron chi connectivity index (χ2n) is 6.62. The lowest BCUT2D eigenvalue weighted by Gasteiger charge is -2.12. The van der Waals surface area contributed by atoms with Gasteiger partial charge < -0.3 is 18.6 Å². The van der Waals surface area contributed by atoms with Gasteiger partial charge in [0.15, 0.2) is 11.5 Å². The fraction of sp³-hybridized carbons (Fsp3) is 0.0833. The van der Waals surface area contributed by atoms with Gasteiger partial charge in [-0.15, -0.1) is 0 Å². The first-order chi connectivity index (χ1) is 15.0. The van der Waals surface area contributed by atoms with Gasteiger partial charge in [-0.25, -0.2) is 9.18 Å². The first-order valence-corrected chi connectivity index (χ1v) is 9.32. The Morgan fingerprint density at radius 3 is 2.39 bits per heavy atom. The quantitative estimate of drug-likeness (QED) is 0.324. The van der Waals surface area contributed by atoms with E-state index in [4.69, 9.17) is 18.6 Å². The third kappa shape index (κ3) is 4.11. The van der Waals surface area contributed by atoms with E-state index in [1.54, 1.807) is 31.2 Å². The average molecular weight is 420 g/mol. The Bertz CT molecular complexity index is 1320. The van der Waals surface area contributed by atoms with Crippen molar-refractivity contribution in [2.24, 2.45) is 0 Å². The number of hydrogen-bond acceptors (Lipinski definition) is 6. The highest BCUT2D eigenvalue weighted by Crippen LogP contribution is 2.32. The lowest BCUT2D eigenvalue weighted by molar-refractivity contribution is 0.0735. The van der Waals surface area contributed by atoms with E-state index in [2.05, 4.69) is 0 Å². The lowest BCUT2D eigenvalue weighted by atomic mass is 10.2. The molecule has 4 aromatic rings. The number of rotatable bonds is 5. The number of hydrogen-bond donors (Lipinski definition) is 0. The molecule has 1 heterocycles. The SMILES string of the molecule is COc1ccccc1Oc1c(C)oc2cc(OC(=O)c3ccc(F)cc3)ccc2c1=O. The summed E-state index contributed by atoms with van der Waals surface area (Å²) in [7, 11) is 1.51. The topological polar surface area (TPSA) is 75.0 Å². The zero-order valence-electron chi connectivity index (χ0n) is 16.7. The van der Waals surface area contributed by atoms with Crippen molar-refractivity contribution in [1.29, 1.82) is 0 Å². The van der Waals surface area contributed by atoms with Crippen molar-refractivity contribution >= 4 is 16.9 Å². The van der Waals surface area contributed by atoms with E-state index in [0.29, 0.717) is 11.5 Å². The third-order valence-corrected chi connectivity index (χ3v) is 4.56. The number of carbonyl (C=O) groups is 1. The molecule has 4 rings (SSSR count). The van der Waals surface area contributed by atoms with Crippen LogP contribution in [0.3, 0.4) is 0 Å². The summed E-state index contributed by atoms with van der Waals surface area (Å²) in [6.07, 6.45) is 0. The van der Waals surface area contributed by atoms with Gasteiger partial charge in [-0.3, -0.25) is 4.79 Å². The molecule has 0 N–H and O–H groups in total. The summed E-state index contributed by atoms with van der Waals surface area (Å²) in [5, 5.41) is 0.261. The maximum atomic E-state index is 13.0. The minimum absolute atomic E-state index is 0.0352. The van der Waals surface area contributed by atoms with Crippen LogP contribution in [0.15, 0.2) is 75.9 Å². The smallest absolute Gasteiger partial charge is 0.343 e. The first kappa shape index (κ1) is 20.2. The van der Waals surface area contributed by atoms with Crippen LogP contribution < -0.4 is 19.6 Å². The first-order valence-electron chi connectivity index (χ1n) is 9.32. The number of esters is 1. The molecule has 0 unspecified atom stereocenters. The Morgan fingerprint density at radius 2 is 1.68 bits per heavy atom. The Morgan fingerprint density at radius 1 is 0.968 bits per heavy atom. The highest BCUT2D eigenvalue weighted by atomic mass is 19.1. The maximum Gasteiger partial charge on any atom is 0.343 e. The van der Waals surface area contributed by atoms with Crippen LogP contribution in [0.2, 0.25) is 0 Å². The average Bonchev–Trinajstić information content (AvgIpc) is 2.77. The summed E-state index contributed by atoms with van der Waals surface area (Å²) in [5.74, 6) is 0.218. The van der Waals surface area contributed by atoms with Gasteiger partial charge in [-0.1, -0.05) is 12.1 Å². The second-order valence-corrected chi connectivity index (χ2v) is 6.62. The molecule has 0 aliphatic carbocycles. The molecule has 6 nitrogen and oxygen atoms in total. The van der Waals surface area contributed by atoms with E-state index in [9.17, 15) is 14.0 Å². The number of aryl methyl sites for hydroxylation is 1. The Kier molecular flexibility index (Phi) is 5.41. The van der Waals surface area contributed by atoms with E-state index < -0.39 is 11.8 Å². The molecule has 0 aliphatic heterocycles. The molecule has 7 heteroatoms. The Labute approximate surface area is 176 Å². The van der Waals surface area contributed by atoms with Crippen molar-refractivity contribution in [2.75, 3.05) is 7.11 Å². The van der Waals surface area contributed by atoms with Gasteiger partial charge in [-0.05, 0) is 55.5 Å². The molecule has 0 fully saturated rings. The van der Waals surface area contributed by atoms with E-state index in [1.165, 1.54) is 49.6 Å². The zero-order chi connectivity index (χ0) is 22.0. The number of carbonyl (C=O) groups excluding carboxylic acids is 1. The van der Waals surface area contributed by atoms with Gasteiger partial charge in [0.25, 0.3) is 0 Å². The molecule has 0 aliphatic rings. The normalized spacial score (nSPS) is 10.7. The van der Waals surface area contributed by atoms with Gasteiger partial charge >= 0.3 is 5.97 Å². The predicted octanol–water partition coefficient (Wildman–Crippen LogP) is 5.26. The number of para-hydroxylation sites is 2. The van der Waals surface area contributed by atoms with E-state index in [0.717, 1.165) is 0 Å². The number of methoxy groups -OCH3 is 1. The molecule has 0 amide bonds. The number of benzene rings is 3. The Balaban J connectivity index is 1.65. The Hall–Kier alpha value is -4.13. The van der Waals surface area contributed by atoms with E-state index in [1.807, 2.05) is 0 Å². The summed E-state index contributed by atoms with van der Waals surface area (Å²) in [5.41, 5.74) is 0.0556. The summed E-state index contributed by atoms with van der Waals surface area (Å²) in [6, 6.07) is 16.3. The molecule has 0 bridgehead atoms. The van der Waals surface area contributed by atoms with Gasteiger partial charge in [0, 0.05) is 6.07 Å². The van der Waals surface area contributed by atoms with Crippen LogP contribution in [0.4, 0.5) is 4.39 Å². The van der Waals surface area contributed by atoms with Crippen LogP contribution in [0.5, 0.6) is 23.0 Å². The van der Waals surface area contributed by atoms with Crippen LogP contribution in [0.1, 0.15) is 16.1 Å². The summed E-state index contributed by atoms with van der Waals surface area (Å²) >= 11 is 0. The van der Waals surface area contributed by atoms with Crippen LogP contribution in [0.25, 0.3) is 11.0 Å². The van der Waals surface area contributed by atoms with Gasteiger partial charge in [-0.2, -0.15) is 0 Å². The lowest BCUT2D eigenvalue weighted by Crippen LogP contribution is -2.10. The molecule has 0 saturated carbocycles. The number of ether oxygens (including phenoxy) is 3. The van der Waals surface area contributed by atoms with E-state index >= 15 is 0 Å². The maximum absolute atomic E-state index is 13.0. The molecular formula is C24H17FO6. The van der Waals surface area contributed by atoms with Crippen molar-refractivity contribution in [3.8, 4) is 23.0 Å². The van der Waals surface area contributed by atoms with Crippen molar-refractivity contribution in [3.63, 3.8) is 0 Å². The molecule has 0 radical (unpaired) electrons. The summed E-state index contributed by atoms with van der Waals surface area (Å²) in [6.45, 7) is 1.60. The van der Waals surface area contributed by atoms with Gasteiger partial charge in [0.1, 0.15) is 22.9 Å². The molecule has 0 saturated heterocycles. The molecule has 3 aromatic carbocycles. The zero-order valence-corrected chi connectivity index (χ0v) is 16.7. The highest BCUT2D eigenvalue weighted by molar-refractivity contribution is 5.91. The standard InChI is InChI=1S/C24H17FO6/c1-14-23(31-20-6-4-3-5-19(20)28-2)22(26)18-12-11-17(13-21(18)29-14)30-24(27)15-7-9-16(25)10-8-15/h3-13H,1-2H3. The molecule has 1 aromatic heterocycles. The monoisotopic (exact) mass is 420 g/mol.